The number of aliphatic hydroxyl groups is 1. The number of hydrogen-bond donors (Lipinski definition) is 2. The molecule has 0 fully saturated rings. The lowest BCUT2D eigenvalue weighted by Gasteiger charge is -2.03. The van der Waals surface area contributed by atoms with Crippen molar-refractivity contribution in [1.82, 2.24) is 10.3 Å². The van der Waals surface area contributed by atoms with Crippen molar-refractivity contribution in [3.05, 3.63) is 29.5 Å². The van der Waals surface area contributed by atoms with Gasteiger partial charge in [0.05, 0.1) is 18.4 Å². The van der Waals surface area contributed by atoms with E-state index >= 15 is 0 Å². The van der Waals surface area contributed by atoms with Gasteiger partial charge >= 0.3 is 0 Å². The summed E-state index contributed by atoms with van der Waals surface area (Å²) in [5.41, 5.74) is 0.768. The molecule has 0 spiro atoms. The van der Waals surface area contributed by atoms with E-state index < -0.39 is 0 Å². The van der Waals surface area contributed by atoms with Crippen LogP contribution in [0.1, 0.15) is 31.4 Å². The number of carbonyl (C=O) groups is 1. The van der Waals surface area contributed by atoms with Crippen molar-refractivity contribution in [2.24, 2.45) is 0 Å². The first-order valence-corrected chi connectivity index (χ1v) is 8.03. The van der Waals surface area contributed by atoms with Gasteiger partial charge in [-0.15, -0.1) is 11.3 Å². The summed E-state index contributed by atoms with van der Waals surface area (Å²) in [6.45, 7) is 0.924. The van der Waals surface area contributed by atoms with Crippen molar-refractivity contribution in [1.29, 1.82) is 0 Å². The van der Waals surface area contributed by atoms with Gasteiger partial charge in [-0.2, -0.15) is 0 Å². The predicted molar refractivity (Wildman–Crippen MR) is 82.1 cm³/mol. The van der Waals surface area contributed by atoms with Gasteiger partial charge in [0.15, 0.2) is 10.8 Å². The van der Waals surface area contributed by atoms with Crippen molar-refractivity contribution >= 4 is 17.2 Å². The largest absolute Gasteiger partial charge is 0.462 e. The molecular formula is C15H20N2O3S. The van der Waals surface area contributed by atoms with Crippen LogP contribution in [0.3, 0.4) is 0 Å². The topological polar surface area (TPSA) is 75.4 Å². The number of unbranched alkanes of at least 4 members (excludes halogenated alkanes) is 3. The minimum atomic E-state index is -0.00606. The van der Waals surface area contributed by atoms with Gasteiger partial charge in [-0.3, -0.25) is 4.79 Å². The number of rotatable bonds is 9. The quantitative estimate of drug-likeness (QED) is 0.698. The molecule has 5 nitrogen and oxygen atoms in total. The molecule has 0 aliphatic carbocycles. The second-order valence-electron chi connectivity index (χ2n) is 4.79. The smallest absolute Gasteiger partial charge is 0.226 e. The molecule has 0 aliphatic heterocycles. The van der Waals surface area contributed by atoms with E-state index in [-0.39, 0.29) is 12.5 Å². The first-order valence-electron chi connectivity index (χ1n) is 7.15. The zero-order valence-corrected chi connectivity index (χ0v) is 12.7. The van der Waals surface area contributed by atoms with Crippen LogP contribution in [0.25, 0.3) is 10.8 Å². The highest BCUT2D eigenvalue weighted by atomic mass is 32.1. The van der Waals surface area contributed by atoms with Crippen LogP contribution in [-0.4, -0.2) is 29.1 Å². The molecule has 0 aromatic carbocycles. The average molecular weight is 308 g/mol. The maximum atomic E-state index is 11.8. The number of carbonyl (C=O) groups excluding carboxylic acids is 1. The van der Waals surface area contributed by atoms with Crippen LogP contribution in [0, 0.1) is 0 Å². The van der Waals surface area contributed by atoms with Crippen molar-refractivity contribution < 1.29 is 14.3 Å². The van der Waals surface area contributed by atoms with E-state index in [1.54, 1.807) is 6.26 Å². The fraction of sp³-hybridized carbons (Fsp3) is 0.467. The van der Waals surface area contributed by atoms with Gasteiger partial charge in [0.1, 0.15) is 0 Å². The van der Waals surface area contributed by atoms with Crippen molar-refractivity contribution in [3.8, 4) is 10.8 Å². The minimum Gasteiger partial charge on any atom is -0.462 e. The van der Waals surface area contributed by atoms with Crippen LogP contribution in [0.15, 0.2) is 28.2 Å². The Kier molecular flexibility index (Phi) is 6.43. The third-order valence-corrected chi connectivity index (χ3v) is 3.94. The molecule has 2 aromatic heterocycles. The average Bonchev–Trinajstić information content (AvgIpc) is 3.13. The van der Waals surface area contributed by atoms with E-state index in [4.69, 9.17) is 9.52 Å². The third-order valence-electron chi connectivity index (χ3n) is 3.03. The zero-order chi connectivity index (χ0) is 14.9. The van der Waals surface area contributed by atoms with Crippen LogP contribution >= 0.6 is 11.3 Å². The maximum Gasteiger partial charge on any atom is 0.226 e. The summed E-state index contributed by atoms with van der Waals surface area (Å²) in [7, 11) is 0. The Labute approximate surface area is 128 Å². The van der Waals surface area contributed by atoms with Gasteiger partial charge < -0.3 is 14.8 Å². The molecule has 21 heavy (non-hydrogen) atoms. The molecule has 6 heteroatoms. The van der Waals surface area contributed by atoms with Gasteiger partial charge in [-0.05, 0) is 25.0 Å². The normalized spacial score (nSPS) is 10.7. The van der Waals surface area contributed by atoms with Gasteiger partial charge in [-0.1, -0.05) is 12.8 Å². The molecule has 2 rings (SSSR count). The lowest BCUT2D eigenvalue weighted by Crippen LogP contribution is -2.26. The molecule has 2 N–H and O–H groups in total. The number of aromatic nitrogens is 1. The summed E-state index contributed by atoms with van der Waals surface area (Å²) in [5, 5.41) is 14.2. The number of thiazole rings is 1. The maximum absolute atomic E-state index is 11.8. The Hall–Kier alpha value is -1.66. The lowest BCUT2D eigenvalue weighted by atomic mass is 10.2. The summed E-state index contributed by atoms with van der Waals surface area (Å²) in [5.74, 6) is 0.726. The summed E-state index contributed by atoms with van der Waals surface area (Å²) in [6.07, 6.45) is 5.72. The number of furan rings is 1. The summed E-state index contributed by atoms with van der Waals surface area (Å²) in [4.78, 5) is 16.2. The van der Waals surface area contributed by atoms with Crippen LogP contribution in [0.5, 0.6) is 0 Å². The van der Waals surface area contributed by atoms with E-state index in [0.29, 0.717) is 13.0 Å². The highest BCUT2D eigenvalue weighted by Crippen LogP contribution is 2.23. The molecule has 114 valence electrons. The van der Waals surface area contributed by atoms with Gasteiger partial charge in [-0.25, -0.2) is 4.98 Å². The molecule has 1 amide bonds. The summed E-state index contributed by atoms with van der Waals surface area (Å²) in [6, 6.07) is 3.68. The third kappa shape index (κ3) is 5.32. The second kappa shape index (κ2) is 8.59. The Bertz CT molecular complexity index is 537. The summed E-state index contributed by atoms with van der Waals surface area (Å²) < 4.78 is 5.28. The number of nitrogens with zero attached hydrogens (tertiary/aromatic N) is 1. The molecule has 0 saturated heterocycles. The molecular weight excluding hydrogens is 288 g/mol. The Morgan fingerprint density at radius 2 is 2.19 bits per heavy atom. The lowest BCUT2D eigenvalue weighted by molar-refractivity contribution is -0.120. The fourth-order valence-corrected chi connectivity index (χ4v) is 2.73. The zero-order valence-electron chi connectivity index (χ0n) is 11.9. The summed E-state index contributed by atoms with van der Waals surface area (Å²) >= 11 is 1.48. The Morgan fingerprint density at radius 1 is 1.33 bits per heavy atom. The SMILES string of the molecule is O=C(Cc1csc(-c2ccco2)n1)NCCCCCCO. The molecule has 2 aromatic rings. The van der Waals surface area contributed by atoms with E-state index in [1.807, 2.05) is 17.5 Å². The monoisotopic (exact) mass is 308 g/mol. The fourth-order valence-electron chi connectivity index (χ4n) is 1.95. The number of amides is 1. The van der Waals surface area contributed by atoms with Crippen molar-refractivity contribution in [3.63, 3.8) is 0 Å². The van der Waals surface area contributed by atoms with Crippen LogP contribution in [0.4, 0.5) is 0 Å². The van der Waals surface area contributed by atoms with Crippen LogP contribution < -0.4 is 5.32 Å². The molecule has 0 aliphatic rings. The molecule has 0 saturated carbocycles. The number of aliphatic hydroxyl groups excluding tert-OH is 1. The van der Waals surface area contributed by atoms with Gasteiger partial charge in [0.2, 0.25) is 5.91 Å². The molecule has 0 unspecified atom stereocenters. The molecule has 0 bridgehead atoms. The minimum absolute atomic E-state index is 0.00606. The van der Waals surface area contributed by atoms with E-state index in [0.717, 1.165) is 42.1 Å². The number of nitrogens with one attached hydrogen (secondary N) is 1. The second-order valence-corrected chi connectivity index (χ2v) is 5.64. The van der Waals surface area contributed by atoms with E-state index in [9.17, 15) is 4.79 Å². The molecule has 2 heterocycles. The number of hydrogen-bond acceptors (Lipinski definition) is 5. The van der Waals surface area contributed by atoms with Gasteiger partial charge in [0.25, 0.3) is 0 Å². The first-order chi connectivity index (χ1) is 10.3. The van der Waals surface area contributed by atoms with E-state index in [2.05, 4.69) is 10.3 Å². The Morgan fingerprint density at radius 3 is 2.95 bits per heavy atom. The Balaban J connectivity index is 1.68. The van der Waals surface area contributed by atoms with E-state index in [1.165, 1.54) is 11.3 Å². The highest BCUT2D eigenvalue weighted by Gasteiger charge is 2.10. The standard InChI is InChI=1S/C15H20N2O3S/c18-8-4-2-1-3-7-16-14(19)10-12-11-21-15(17-12)13-6-5-9-20-13/h5-6,9,11,18H,1-4,7-8,10H2,(H,16,19). The predicted octanol–water partition coefficient (Wildman–Crippen LogP) is 2.61. The van der Waals surface area contributed by atoms with Crippen molar-refractivity contribution in [2.75, 3.05) is 13.2 Å². The van der Waals surface area contributed by atoms with Crippen LogP contribution in [-0.2, 0) is 11.2 Å². The van der Waals surface area contributed by atoms with Crippen molar-refractivity contribution in [2.45, 2.75) is 32.1 Å². The highest BCUT2D eigenvalue weighted by molar-refractivity contribution is 7.13. The molecule has 0 atom stereocenters. The van der Waals surface area contributed by atoms with Crippen LogP contribution in [0.2, 0.25) is 0 Å². The molecule has 0 radical (unpaired) electrons. The van der Waals surface area contributed by atoms with Gasteiger partial charge in [0, 0.05) is 18.5 Å². The first kappa shape index (κ1) is 15.7.